The lowest BCUT2D eigenvalue weighted by Crippen LogP contribution is -2.55. The van der Waals surface area contributed by atoms with E-state index in [-0.39, 0.29) is 0 Å². The molecule has 2 rings (SSSR count). The number of ether oxygens (including phenoxy) is 2. The lowest BCUT2D eigenvalue weighted by molar-refractivity contribution is -0.257. The Hall–Kier alpha value is -1.08. The van der Waals surface area contributed by atoms with Crippen molar-refractivity contribution in [3.05, 3.63) is 29.8 Å². The molecule has 0 unspecified atom stereocenters. The molecule has 1 fully saturated rings. The third kappa shape index (κ3) is 3.61. The lowest BCUT2D eigenvalue weighted by atomic mass is 10.1. The van der Waals surface area contributed by atoms with Gasteiger partial charge in [0.05, 0.1) is 11.5 Å². The molecule has 1 aliphatic rings. The Morgan fingerprint density at radius 3 is 2.21 bits per heavy atom. The van der Waals surface area contributed by atoms with Crippen LogP contribution in [0.5, 0.6) is 0 Å². The standard InChI is InChI=1S/C13H18O9S2/c1-8-3-5-9(6-4-8)23(16,17)24(18,19)22-10-7-21-13(20-2)12(15)11(10)14/h3-6,10-15H,7H2,1-2H3/t10-,11+,12-,13+/m1/s1. The van der Waals surface area contributed by atoms with E-state index in [1.165, 1.54) is 19.2 Å². The summed E-state index contributed by atoms with van der Waals surface area (Å²) >= 11 is 0. The van der Waals surface area contributed by atoms with Crippen molar-refractivity contribution in [3.8, 4) is 0 Å². The normalized spacial score (nSPS) is 28.7. The van der Waals surface area contributed by atoms with Crippen LogP contribution in [0, 0.1) is 6.92 Å². The Morgan fingerprint density at radius 2 is 1.67 bits per heavy atom. The van der Waals surface area contributed by atoms with Crippen molar-refractivity contribution in [1.82, 2.24) is 0 Å². The molecule has 0 aliphatic carbocycles. The average Bonchev–Trinajstić information content (AvgIpc) is 2.52. The first kappa shape index (κ1) is 19.2. The molecule has 0 bridgehead atoms. The molecule has 1 saturated heterocycles. The van der Waals surface area contributed by atoms with Crippen LogP contribution in [0.3, 0.4) is 0 Å². The van der Waals surface area contributed by atoms with Gasteiger partial charge in [-0.2, -0.15) is 8.42 Å². The zero-order valence-electron chi connectivity index (χ0n) is 12.9. The molecule has 0 saturated carbocycles. The summed E-state index contributed by atoms with van der Waals surface area (Å²) in [5.74, 6) is 0. The summed E-state index contributed by atoms with van der Waals surface area (Å²) in [6.45, 7) is 1.24. The summed E-state index contributed by atoms with van der Waals surface area (Å²) < 4.78 is 63.0. The van der Waals surface area contributed by atoms with Gasteiger partial charge in [0.25, 0.3) is 0 Å². The fourth-order valence-electron chi connectivity index (χ4n) is 2.09. The fourth-order valence-corrected chi connectivity index (χ4v) is 5.02. The smallest absolute Gasteiger partial charge is 0.380 e. The van der Waals surface area contributed by atoms with E-state index in [4.69, 9.17) is 9.47 Å². The molecule has 1 aromatic rings. The number of hydrogen-bond acceptors (Lipinski definition) is 9. The lowest BCUT2D eigenvalue weighted by Gasteiger charge is -2.35. The predicted octanol–water partition coefficient (Wildman–Crippen LogP) is -0.877. The quantitative estimate of drug-likeness (QED) is 0.622. The molecule has 0 aromatic heterocycles. The first-order valence-corrected chi connectivity index (χ1v) is 10.3. The summed E-state index contributed by atoms with van der Waals surface area (Å²) in [5.41, 5.74) is 0.747. The van der Waals surface area contributed by atoms with Gasteiger partial charge in [-0.3, -0.25) is 0 Å². The second-order valence-electron chi connectivity index (χ2n) is 5.23. The molecule has 1 aromatic carbocycles. The van der Waals surface area contributed by atoms with Gasteiger partial charge in [0.1, 0.15) is 18.3 Å². The van der Waals surface area contributed by atoms with Crippen molar-refractivity contribution in [2.45, 2.75) is 36.4 Å². The summed E-state index contributed by atoms with van der Waals surface area (Å²) in [6, 6.07) is 5.15. The first-order chi connectivity index (χ1) is 11.1. The van der Waals surface area contributed by atoms with Gasteiger partial charge in [-0.1, -0.05) is 17.7 Å². The molecule has 11 heteroatoms. The van der Waals surface area contributed by atoms with E-state index >= 15 is 0 Å². The van der Waals surface area contributed by atoms with Crippen LogP contribution in [0.25, 0.3) is 0 Å². The van der Waals surface area contributed by atoms with Crippen molar-refractivity contribution in [2.24, 2.45) is 0 Å². The highest BCUT2D eigenvalue weighted by molar-refractivity contribution is 8.65. The number of hydrogen-bond donors (Lipinski definition) is 2. The Morgan fingerprint density at radius 1 is 1.08 bits per heavy atom. The zero-order valence-corrected chi connectivity index (χ0v) is 14.5. The van der Waals surface area contributed by atoms with E-state index in [1.807, 2.05) is 0 Å². The summed E-state index contributed by atoms with van der Waals surface area (Å²) in [4.78, 5) is -0.463. The highest BCUT2D eigenvalue weighted by atomic mass is 33.2. The van der Waals surface area contributed by atoms with Crippen LogP contribution in [-0.4, -0.2) is 65.4 Å². The van der Waals surface area contributed by atoms with E-state index in [1.54, 1.807) is 6.92 Å². The minimum absolute atomic E-state index is 0.463. The molecule has 0 radical (unpaired) electrons. The number of aliphatic hydroxyl groups excluding tert-OH is 2. The molecule has 136 valence electrons. The van der Waals surface area contributed by atoms with Gasteiger partial charge in [0.15, 0.2) is 6.29 Å². The average molecular weight is 382 g/mol. The number of methoxy groups -OCH3 is 1. The molecular formula is C13H18O9S2. The van der Waals surface area contributed by atoms with E-state index < -0.39 is 54.1 Å². The van der Waals surface area contributed by atoms with Crippen molar-refractivity contribution in [1.29, 1.82) is 0 Å². The van der Waals surface area contributed by atoms with Gasteiger partial charge < -0.3 is 19.7 Å². The molecule has 24 heavy (non-hydrogen) atoms. The van der Waals surface area contributed by atoms with E-state index in [2.05, 4.69) is 4.18 Å². The number of benzene rings is 1. The zero-order chi connectivity index (χ0) is 18.1. The summed E-state index contributed by atoms with van der Waals surface area (Å²) in [7, 11) is -8.75. The van der Waals surface area contributed by atoms with Gasteiger partial charge in [-0.05, 0) is 19.1 Å². The van der Waals surface area contributed by atoms with Crippen molar-refractivity contribution >= 4 is 18.0 Å². The molecule has 1 heterocycles. The van der Waals surface area contributed by atoms with Crippen LogP contribution < -0.4 is 0 Å². The minimum Gasteiger partial charge on any atom is -0.387 e. The maximum atomic E-state index is 12.2. The molecule has 9 nitrogen and oxygen atoms in total. The minimum atomic E-state index is -5.13. The second kappa shape index (κ2) is 7.04. The van der Waals surface area contributed by atoms with E-state index in [9.17, 15) is 27.0 Å². The van der Waals surface area contributed by atoms with Crippen molar-refractivity contribution in [3.63, 3.8) is 0 Å². The van der Waals surface area contributed by atoms with Gasteiger partial charge in [-0.15, -0.1) is 0 Å². The predicted molar refractivity (Wildman–Crippen MR) is 80.9 cm³/mol. The maximum absolute atomic E-state index is 12.2. The van der Waals surface area contributed by atoms with Crippen LogP contribution in [-0.2, 0) is 31.7 Å². The Kier molecular flexibility index (Phi) is 5.64. The third-order valence-corrected chi connectivity index (χ3v) is 7.78. The Labute approximate surface area is 139 Å². The highest BCUT2D eigenvalue weighted by Crippen LogP contribution is 2.25. The topological polar surface area (TPSA) is 136 Å². The van der Waals surface area contributed by atoms with Crippen LogP contribution in [0.15, 0.2) is 29.2 Å². The van der Waals surface area contributed by atoms with Crippen molar-refractivity contribution in [2.75, 3.05) is 13.7 Å². The van der Waals surface area contributed by atoms with Crippen LogP contribution in [0.2, 0.25) is 0 Å². The molecular weight excluding hydrogens is 364 g/mol. The Balaban J connectivity index is 2.23. The van der Waals surface area contributed by atoms with Gasteiger partial charge in [0, 0.05) is 7.11 Å². The fraction of sp³-hybridized carbons (Fsp3) is 0.538. The first-order valence-electron chi connectivity index (χ1n) is 6.85. The van der Waals surface area contributed by atoms with Gasteiger partial charge in [-0.25, -0.2) is 12.6 Å². The molecule has 1 aliphatic heterocycles. The Bertz CT molecular complexity index is 770. The van der Waals surface area contributed by atoms with Gasteiger partial charge >= 0.3 is 18.0 Å². The van der Waals surface area contributed by atoms with Crippen LogP contribution in [0.1, 0.15) is 5.56 Å². The molecule has 0 spiro atoms. The number of aryl methyl sites for hydroxylation is 1. The van der Waals surface area contributed by atoms with Crippen LogP contribution >= 0.6 is 0 Å². The number of aliphatic hydroxyl groups is 2. The molecule has 4 atom stereocenters. The van der Waals surface area contributed by atoms with E-state index in [0.29, 0.717) is 0 Å². The SMILES string of the molecule is CO[C@H]1OC[C@@H](OS(=O)(=O)S(=O)(=O)c2ccc(C)cc2)[C@H](O)[C@H]1O. The molecule has 2 N–H and O–H groups in total. The molecule has 0 amide bonds. The highest BCUT2D eigenvalue weighted by Gasteiger charge is 2.44. The van der Waals surface area contributed by atoms with E-state index in [0.717, 1.165) is 17.7 Å². The summed E-state index contributed by atoms with van der Waals surface area (Å²) in [5, 5.41) is 19.6. The van der Waals surface area contributed by atoms with Crippen LogP contribution in [0.4, 0.5) is 0 Å². The maximum Gasteiger partial charge on any atom is 0.380 e. The number of rotatable bonds is 5. The third-order valence-electron chi connectivity index (χ3n) is 3.49. The van der Waals surface area contributed by atoms with Gasteiger partial charge in [0.2, 0.25) is 0 Å². The largest absolute Gasteiger partial charge is 0.387 e. The second-order valence-corrected chi connectivity index (χ2v) is 10.2. The monoisotopic (exact) mass is 382 g/mol. The van der Waals surface area contributed by atoms with Crippen molar-refractivity contribution < 1.29 is 40.7 Å². The summed E-state index contributed by atoms with van der Waals surface area (Å²) in [6.07, 6.45) is -6.05.